The maximum absolute atomic E-state index is 13.0. The number of nitrogens with one attached hydrogen (secondary N) is 1. The molecule has 0 heterocycles. The first kappa shape index (κ1) is 13.6. The van der Waals surface area contributed by atoms with Crippen molar-refractivity contribution in [2.45, 2.75) is 4.90 Å². The molecule has 0 aliphatic heterocycles. The van der Waals surface area contributed by atoms with Crippen molar-refractivity contribution in [3.05, 3.63) is 53.3 Å². The summed E-state index contributed by atoms with van der Waals surface area (Å²) in [6, 6.07) is 9.39. The molecule has 0 aromatic heterocycles. The van der Waals surface area contributed by atoms with E-state index in [2.05, 4.69) is 4.72 Å². The maximum Gasteiger partial charge on any atom is 0.261 e. The molecule has 100 valence electrons. The minimum atomic E-state index is -3.78. The first-order valence-electron chi connectivity index (χ1n) is 5.22. The quantitative estimate of drug-likeness (QED) is 0.856. The summed E-state index contributed by atoms with van der Waals surface area (Å²) in [4.78, 5) is 0.0166. The van der Waals surface area contributed by atoms with Gasteiger partial charge in [0.25, 0.3) is 10.0 Å². The highest BCUT2D eigenvalue weighted by molar-refractivity contribution is 7.92. The molecule has 2 aromatic rings. The first-order chi connectivity index (χ1) is 8.88. The SMILES string of the molecule is Nc1cc(NS(=O)(=O)c2cccc(Cl)c2)ccc1F. The summed E-state index contributed by atoms with van der Waals surface area (Å²) in [6.07, 6.45) is 0. The summed E-state index contributed by atoms with van der Waals surface area (Å²) in [5.74, 6) is -0.606. The second-order valence-corrected chi connectivity index (χ2v) is 5.92. The Morgan fingerprint density at radius 2 is 1.89 bits per heavy atom. The molecule has 0 aliphatic rings. The summed E-state index contributed by atoms with van der Waals surface area (Å²) in [5, 5.41) is 0.307. The minimum Gasteiger partial charge on any atom is -0.396 e. The molecule has 0 bridgehead atoms. The molecule has 0 spiro atoms. The molecule has 2 rings (SSSR count). The van der Waals surface area contributed by atoms with Crippen LogP contribution in [0.4, 0.5) is 15.8 Å². The fourth-order valence-corrected chi connectivity index (χ4v) is 2.81. The van der Waals surface area contributed by atoms with Gasteiger partial charge in [0.2, 0.25) is 0 Å². The van der Waals surface area contributed by atoms with Gasteiger partial charge in [-0.3, -0.25) is 4.72 Å². The van der Waals surface area contributed by atoms with Crippen LogP contribution < -0.4 is 10.5 Å². The average Bonchev–Trinajstić information content (AvgIpc) is 2.33. The molecule has 0 aliphatic carbocycles. The molecule has 0 amide bonds. The zero-order chi connectivity index (χ0) is 14.0. The molecule has 0 fully saturated rings. The standard InChI is InChI=1S/C12H10ClFN2O2S/c13-8-2-1-3-10(6-8)19(17,18)16-9-4-5-11(14)12(15)7-9/h1-7,16H,15H2. The average molecular weight is 301 g/mol. The van der Waals surface area contributed by atoms with Crippen LogP contribution in [-0.2, 0) is 10.0 Å². The predicted molar refractivity (Wildman–Crippen MR) is 73.1 cm³/mol. The van der Waals surface area contributed by atoms with Crippen LogP contribution in [-0.4, -0.2) is 8.42 Å². The Morgan fingerprint density at radius 1 is 1.16 bits per heavy atom. The molecule has 19 heavy (non-hydrogen) atoms. The van der Waals surface area contributed by atoms with E-state index in [1.807, 2.05) is 0 Å². The zero-order valence-electron chi connectivity index (χ0n) is 9.60. The van der Waals surface area contributed by atoms with Crippen molar-refractivity contribution in [2.24, 2.45) is 0 Å². The number of halogens is 2. The largest absolute Gasteiger partial charge is 0.396 e. The van der Waals surface area contributed by atoms with E-state index in [1.54, 1.807) is 6.07 Å². The highest BCUT2D eigenvalue weighted by Crippen LogP contribution is 2.21. The molecule has 0 unspecified atom stereocenters. The van der Waals surface area contributed by atoms with Gasteiger partial charge >= 0.3 is 0 Å². The van der Waals surface area contributed by atoms with E-state index in [-0.39, 0.29) is 16.3 Å². The molecule has 7 heteroatoms. The third-order valence-electron chi connectivity index (χ3n) is 2.35. The first-order valence-corrected chi connectivity index (χ1v) is 7.08. The summed E-state index contributed by atoms with van der Waals surface area (Å²) >= 11 is 5.74. The molecular weight excluding hydrogens is 291 g/mol. The number of anilines is 2. The number of nitrogen functional groups attached to an aromatic ring is 1. The Hall–Kier alpha value is -1.79. The van der Waals surface area contributed by atoms with Crippen molar-refractivity contribution < 1.29 is 12.8 Å². The van der Waals surface area contributed by atoms with Crippen LogP contribution in [0.2, 0.25) is 5.02 Å². The van der Waals surface area contributed by atoms with Crippen molar-refractivity contribution in [2.75, 3.05) is 10.5 Å². The molecule has 2 aromatic carbocycles. The van der Waals surface area contributed by atoms with Gasteiger partial charge < -0.3 is 5.73 Å². The Balaban J connectivity index is 2.33. The van der Waals surface area contributed by atoms with Gasteiger partial charge in [-0.15, -0.1) is 0 Å². The number of sulfonamides is 1. The molecule has 0 saturated heterocycles. The lowest BCUT2D eigenvalue weighted by Crippen LogP contribution is -2.13. The van der Waals surface area contributed by atoms with Gasteiger partial charge in [-0.2, -0.15) is 0 Å². The summed E-state index contributed by atoms with van der Waals surface area (Å²) in [7, 11) is -3.78. The third-order valence-corrected chi connectivity index (χ3v) is 3.97. The Kier molecular flexibility index (Phi) is 3.64. The van der Waals surface area contributed by atoms with Crippen molar-refractivity contribution in [1.82, 2.24) is 0 Å². The molecule has 0 radical (unpaired) electrons. The lowest BCUT2D eigenvalue weighted by molar-refractivity contribution is 0.601. The highest BCUT2D eigenvalue weighted by Gasteiger charge is 2.14. The summed E-state index contributed by atoms with van der Waals surface area (Å²) in [6.45, 7) is 0. The fraction of sp³-hybridized carbons (Fsp3) is 0. The van der Waals surface area contributed by atoms with E-state index in [0.29, 0.717) is 5.02 Å². The molecule has 0 saturated carbocycles. The second-order valence-electron chi connectivity index (χ2n) is 3.80. The van der Waals surface area contributed by atoms with Gasteiger partial charge in [0, 0.05) is 5.02 Å². The lowest BCUT2D eigenvalue weighted by Gasteiger charge is -2.09. The maximum atomic E-state index is 13.0. The second kappa shape index (κ2) is 5.07. The number of hydrogen-bond donors (Lipinski definition) is 2. The van der Waals surface area contributed by atoms with Gasteiger partial charge in [-0.25, -0.2) is 12.8 Å². The van der Waals surface area contributed by atoms with Crippen LogP contribution in [0.5, 0.6) is 0 Å². The van der Waals surface area contributed by atoms with Crippen molar-refractivity contribution in [3.63, 3.8) is 0 Å². The summed E-state index contributed by atoms with van der Waals surface area (Å²) in [5.41, 5.74) is 5.42. The number of benzene rings is 2. The van der Waals surface area contributed by atoms with Gasteiger partial charge in [-0.1, -0.05) is 17.7 Å². The molecule has 3 N–H and O–H groups in total. The lowest BCUT2D eigenvalue weighted by atomic mass is 10.3. The third kappa shape index (κ3) is 3.15. The number of hydrogen-bond acceptors (Lipinski definition) is 3. The van der Waals surface area contributed by atoms with Gasteiger partial charge in [0.05, 0.1) is 16.3 Å². The van der Waals surface area contributed by atoms with Crippen LogP contribution in [0.1, 0.15) is 0 Å². The zero-order valence-corrected chi connectivity index (χ0v) is 11.2. The van der Waals surface area contributed by atoms with Gasteiger partial charge in [0.15, 0.2) is 0 Å². The van der Waals surface area contributed by atoms with Crippen molar-refractivity contribution in [3.8, 4) is 0 Å². The number of rotatable bonds is 3. The van der Waals surface area contributed by atoms with Crippen molar-refractivity contribution in [1.29, 1.82) is 0 Å². The van der Waals surface area contributed by atoms with E-state index in [4.69, 9.17) is 17.3 Å². The minimum absolute atomic E-state index is 0.0166. The summed E-state index contributed by atoms with van der Waals surface area (Å²) < 4.78 is 39.4. The van der Waals surface area contributed by atoms with Crippen LogP contribution in [0.15, 0.2) is 47.4 Å². The molecule has 0 atom stereocenters. The Labute approximate surface area is 115 Å². The number of nitrogens with two attached hydrogens (primary N) is 1. The smallest absolute Gasteiger partial charge is 0.261 e. The van der Waals surface area contributed by atoms with Crippen LogP contribution >= 0.6 is 11.6 Å². The fourth-order valence-electron chi connectivity index (χ4n) is 1.46. The van der Waals surface area contributed by atoms with E-state index in [1.165, 1.54) is 30.3 Å². The van der Waals surface area contributed by atoms with Gasteiger partial charge in [0.1, 0.15) is 5.82 Å². The predicted octanol–water partition coefficient (Wildman–Crippen LogP) is 2.86. The topological polar surface area (TPSA) is 72.2 Å². The van der Waals surface area contributed by atoms with E-state index < -0.39 is 15.8 Å². The van der Waals surface area contributed by atoms with Crippen LogP contribution in [0.3, 0.4) is 0 Å². The van der Waals surface area contributed by atoms with Crippen LogP contribution in [0, 0.1) is 5.82 Å². The Bertz CT molecular complexity index is 719. The van der Waals surface area contributed by atoms with E-state index in [9.17, 15) is 12.8 Å². The highest BCUT2D eigenvalue weighted by atomic mass is 35.5. The van der Waals surface area contributed by atoms with E-state index in [0.717, 1.165) is 6.07 Å². The normalized spacial score (nSPS) is 11.3. The van der Waals surface area contributed by atoms with Gasteiger partial charge in [-0.05, 0) is 36.4 Å². The monoisotopic (exact) mass is 300 g/mol. The van der Waals surface area contributed by atoms with E-state index >= 15 is 0 Å². The van der Waals surface area contributed by atoms with Crippen molar-refractivity contribution >= 4 is 33.0 Å². The molecular formula is C12H10ClFN2O2S. The molecule has 4 nitrogen and oxygen atoms in total. The van der Waals surface area contributed by atoms with Crippen LogP contribution in [0.25, 0.3) is 0 Å². The Morgan fingerprint density at radius 3 is 2.53 bits per heavy atom.